The molecule has 0 saturated carbocycles. The third kappa shape index (κ3) is 3.40. The molecule has 1 heterocycles. The number of hydrogen-bond acceptors (Lipinski definition) is 6. The van der Waals surface area contributed by atoms with Crippen molar-refractivity contribution in [3.63, 3.8) is 0 Å². The quantitative estimate of drug-likeness (QED) is 0.665. The molecule has 0 bridgehead atoms. The van der Waals surface area contributed by atoms with Crippen LogP contribution in [0.4, 0.5) is 5.00 Å². The number of fused-ring (bicyclic) bond motifs is 1. The third-order valence-corrected chi connectivity index (χ3v) is 4.40. The van der Waals surface area contributed by atoms with E-state index in [9.17, 15) is 14.4 Å². The number of ether oxygens (including phenoxy) is 1. The minimum absolute atomic E-state index is 0.173. The van der Waals surface area contributed by atoms with E-state index in [1.54, 1.807) is 0 Å². The maximum atomic E-state index is 11.9. The number of nitrogens with two attached hydrogens (primary N) is 1. The Hall–Kier alpha value is -1.93. The number of carbonyl (C=O) groups is 3. The van der Waals surface area contributed by atoms with Gasteiger partial charge in [0.05, 0.1) is 25.8 Å². The van der Waals surface area contributed by atoms with Crippen LogP contribution in [-0.2, 0) is 27.2 Å². The number of thiophene rings is 1. The van der Waals surface area contributed by atoms with E-state index in [0.29, 0.717) is 10.6 Å². The zero-order valence-electron chi connectivity index (χ0n) is 11.7. The van der Waals surface area contributed by atoms with Gasteiger partial charge in [-0.3, -0.25) is 9.59 Å². The first-order valence-corrected chi connectivity index (χ1v) is 7.38. The minimum atomic E-state index is -0.448. The van der Waals surface area contributed by atoms with Crippen LogP contribution in [-0.4, -0.2) is 38.0 Å². The van der Waals surface area contributed by atoms with E-state index < -0.39 is 17.8 Å². The molecular formula is C13H17N3O4S. The average molecular weight is 311 g/mol. The number of methoxy groups -OCH3 is 1. The van der Waals surface area contributed by atoms with Crippen LogP contribution in [0.2, 0.25) is 0 Å². The van der Waals surface area contributed by atoms with Gasteiger partial charge < -0.3 is 21.1 Å². The van der Waals surface area contributed by atoms with Gasteiger partial charge in [-0.25, -0.2) is 4.79 Å². The lowest BCUT2D eigenvalue weighted by Crippen LogP contribution is -2.36. The van der Waals surface area contributed by atoms with Crippen molar-refractivity contribution in [1.82, 2.24) is 5.32 Å². The predicted molar refractivity (Wildman–Crippen MR) is 78.4 cm³/mol. The molecule has 0 radical (unpaired) electrons. The number of aryl methyl sites for hydroxylation is 1. The molecule has 0 aliphatic heterocycles. The number of carbonyl (C=O) groups excluding carboxylic acids is 3. The molecule has 0 fully saturated rings. The van der Waals surface area contributed by atoms with Gasteiger partial charge in [0.25, 0.3) is 0 Å². The maximum Gasteiger partial charge on any atom is 0.341 e. The van der Waals surface area contributed by atoms with Crippen molar-refractivity contribution in [2.24, 2.45) is 5.73 Å². The van der Waals surface area contributed by atoms with E-state index in [1.807, 2.05) is 0 Å². The molecule has 1 aromatic heterocycles. The molecule has 0 saturated heterocycles. The molecular weight excluding hydrogens is 294 g/mol. The summed E-state index contributed by atoms with van der Waals surface area (Å²) >= 11 is 1.39. The molecule has 2 rings (SSSR count). The zero-order valence-corrected chi connectivity index (χ0v) is 12.5. The smallest absolute Gasteiger partial charge is 0.341 e. The number of rotatable bonds is 5. The van der Waals surface area contributed by atoms with Gasteiger partial charge in [-0.05, 0) is 24.8 Å². The fourth-order valence-corrected chi connectivity index (χ4v) is 3.53. The molecule has 2 amide bonds. The molecule has 1 aliphatic carbocycles. The second-order valence-corrected chi connectivity index (χ2v) is 5.69. The Labute approximate surface area is 125 Å². The van der Waals surface area contributed by atoms with Crippen LogP contribution in [0.15, 0.2) is 0 Å². The number of hydrogen-bond donors (Lipinski definition) is 3. The summed E-state index contributed by atoms with van der Waals surface area (Å²) in [4.78, 5) is 35.8. The van der Waals surface area contributed by atoms with E-state index in [0.717, 1.165) is 29.7 Å². The fraction of sp³-hybridized carbons (Fsp3) is 0.462. The SMILES string of the molecule is COC(=O)c1c(NC(=O)CNC(=O)CN)sc2c1CCC2. The second-order valence-electron chi connectivity index (χ2n) is 4.58. The maximum absolute atomic E-state index is 11.9. The van der Waals surface area contributed by atoms with Crippen molar-refractivity contribution in [2.45, 2.75) is 19.3 Å². The highest BCUT2D eigenvalue weighted by Gasteiger charge is 2.27. The van der Waals surface area contributed by atoms with Crippen molar-refractivity contribution >= 4 is 34.1 Å². The molecule has 4 N–H and O–H groups in total. The zero-order chi connectivity index (χ0) is 15.4. The highest BCUT2D eigenvalue weighted by atomic mass is 32.1. The van der Waals surface area contributed by atoms with Gasteiger partial charge in [-0.2, -0.15) is 0 Å². The Bertz CT molecular complexity index is 582. The van der Waals surface area contributed by atoms with E-state index in [2.05, 4.69) is 10.6 Å². The number of amides is 2. The Kier molecular flexibility index (Phi) is 4.92. The third-order valence-electron chi connectivity index (χ3n) is 3.20. The van der Waals surface area contributed by atoms with Crippen LogP contribution < -0.4 is 16.4 Å². The summed E-state index contributed by atoms with van der Waals surface area (Å²) in [5.41, 5.74) is 6.54. The lowest BCUT2D eigenvalue weighted by Gasteiger charge is -2.07. The van der Waals surface area contributed by atoms with Gasteiger partial charge >= 0.3 is 5.97 Å². The number of nitrogens with one attached hydrogen (secondary N) is 2. The Morgan fingerprint density at radius 1 is 1.29 bits per heavy atom. The van der Waals surface area contributed by atoms with Crippen LogP contribution in [0, 0.1) is 0 Å². The summed E-state index contributed by atoms with van der Waals surface area (Å²) in [6.45, 7) is -0.354. The Morgan fingerprint density at radius 2 is 2.05 bits per heavy atom. The van der Waals surface area contributed by atoms with E-state index in [4.69, 9.17) is 10.5 Å². The van der Waals surface area contributed by atoms with Crippen molar-refractivity contribution in [3.05, 3.63) is 16.0 Å². The van der Waals surface area contributed by atoms with Gasteiger partial charge in [0, 0.05) is 4.88 Å². The predicted octanol–water partition coefficient (Wildman–Crippen LogP) is 0.0368. The van der Waals surface area contributed by atoms with Crippen molar-refractivity contribution < 1.29 is 19.1 Å². The van der Waals surface area contributed by atoms with Gasteiger partial charge in [0.1, 0.15) is 5.00 Å². The summed E-state index contributed by atoms with van der Waals surface area (Å²) in [7, 11) is 1.31. The standard InChI is InChI=1S/C13H17N3O4S/c1-20-13(19)11-7-3-2-4-8(7)21-12(11)16-10(18)6-15-9(17)5-14/h2-6,14H2,1H3,(H,15,17)(H,16,18). The summed E-state index contributed by atoms with van der Waals surface area (Å²) in [6, 6.07) is 0. The molecule has 8 heteroatoms. The van der Waals surface area contributed by atoms with Crippen LogP contribution in [0.5, 0.6) is 0 Å². The van der Waals surface area contributed by atoms with Gasteiger partial charge in [0.2, 0.25) is 11.8 Å². The summed E-state index contributed by atoms with van der Waals surface area (Å²) in [5, 5.41) is 5.52. The van der Waals surface area contributed by atoms with Gasteiger partial charge in [-0.15, -0.1) is 11.3 Å². The van der Waals surface area contributed by atoms with Crippen LogP contribution in [0.25, 0.3) is 0 Å². The first-order chi connectivity index (χ1) is 10.1. The van der Waals surface area contributed by atoms with Crippen LogP contribution in [0.3, 0.4) is 0 Å². The molecule has 0 atom stereocenters. The highest BCUT2D eigenvalue weighted by molar-refractivity contribution is 7.17. The first kappa shape index (κ1) is 15.5. The topological polar surface area (TPSA) is 111 Å². The number of anilines is 1. The van der Waals surface area contributed by atoms with E-state index >= 15 is 0 Å². The van der Waals surface area contributed by atoms with Crippen molar-refractivity contribution in [2.75, 3.05) is 25.5 Å². The van der Waals surface area contributed by atoms with E-state index in [1.165, 1.54) is 18.4 Å². The lowest BCUT2D eigenvalue weighted by atomic mass is 10.1. The Morgan fingerprint density at radius 3 is 2.71 bits per heavy atom. The molecule has 0 spiro atoms. The molecule has 1 aliphatic rings. The fourth-order valence-electron chi connectivity index (χ4n) is 2.23. The summed E-state index contributed by atoms with van der Waals surface area (Å²) < 4.78 is 4.79. The first-order valence-electron chi connectivity index (χ1n) is 6.56. The summed E-state index contributed by atoms with van der Waals surface area (Å²) in [6.07, 6.45) is 2.73. The summed E-state index contributed by atoms with van der Waals surface area (Å²) in [5.74, 6) is -1.26. The molecule has 7 nitrogen and oxygen atoms in total. The minimum Gasteiger partial charge on any atom is -0.465 e. The normalized spacial score (nSPS) is 12.7. The van der Waals surface area contributed by atoms with Gasteiger partial charge in [-0.1, -0.05) is 0 Å². The van der Waals surface area contributed by atoms with Crippen LogP contribution in [0.1, 0.15) is 27.2 Å². The van der Waals surface area contributed by atoms with Crippen LogP contribution >= 0.6 is 11.3 Å². The molecule has 114 valence electrons. The average Bonchev–Trinajstić information content (AvgIpc) is 3.04. The Balaban J connectivity index is 2.11. The molecule has 21 heavy (non-hydrogen) atoms. The highest BCUT2D eigenvalue weighted by Crippen LogP contribution is 2.39. The number of esters is 1. The van der Waals surface area contributed by atoms with E-state index in [-0.39, 0.29) is 13.1 Å². The van der Waals surface area contributed by atoms with Crippen molar-refractivity contribution in [1.29, 1.82) is 0 Å². The molecule has 0 aromatic carbocycles. The monoisotopic (exact) mass is 311 g/mol. The molecule has 0 unspecified atom stereocenters. The van der Waals surface area contributed by atoms with Crippen molar-refractivity contribution in [3.8, 4) is 0 Å². The second kappa shape index (κ2) is 6.68. The van der Waals surface area contributed by atoms with Gasteiger partial charge in [0.15, 0.2) is 0 Å². The largest absolute Gasteiger partial charge is 0.465 e. The lowest BCUT2D eigenvalue weighted by molar-refractivity contribution is -0.123. The molecule has 1 aromatic rings.